The molecule has 0 aliphatic rings. The van der Waals surface area contributed by atoms with Crippen molar-refractivity contribution < 1.29 is 0 Å². The fourth-order valence-corrected chi connectivity index (χ4v) is 274. The zero-order valence-electron chi connectivity index (χ0n) is 12.4. The minimum absolute atomic E-state index is 0.0242. The Morgan fingerprint density at radius 1 is 0.458 bits per heavy atom. The van der Waals surface area contributed by atoms with Gasteiger partial charge in [-0.2, -0.15) is 0 Å². The van der Waals surface area contributed by atoms with E-state index in [1.165, 1.54) is 7.96 Å². The second-order valence-corrected chi connectivity index (χ2v) is 96.9. The molecule has 0 aliphatic carbocycles. The van der Waals surface area contributed by atoms with Crippen LogP contribution in [0.4, 0.5) is 0 Å². The van der Waals surface area contributed by atoms with Gasteiger partial charge >= 0.3 is 0 Å². The van der Waals surface area contributed by atoms with E-state index >= 15 is 0 Å². The third kappa shape index (κ3) is 13.6. The molecule has 0 saturated carbocycles. The van der Waals surface area contributed by atoms with Crippen LogP contribution >= 0.6 is 193 Å². The first kappa shape index (κ1) is 34.3. The molecule has 0 amide bonds. The van der Waals surface area contributed by atoms with E-state index < -0.39 is 0 Å². The SMILES string of the molecule is PPP(P)P(PP(P(P(P)P)P(P)P)P(P(P)P)P(P)P)P(P)P. The molecule has 24 heteroatoms. The molecular weight excluding hydrogens is 743 g/mol. The maximum Gasteiger partial charge on any atom is -0.00561 e. The van der Waals surface area contributed by atoms with E-state index in [9.17, 15) is 0 Å². The summed E-state index contributed by atoms with van der Waals surface area (Å²) in [6.07, 6.45) is 0. The quantitative estimate of drug-likeness (QED) is 0.184. The summed E-state index contributed by atoms with van der Waals surface area (Å²) < 4.78 is 0. The van der Waals surface area contributed by atoms with E-state index in [1.807, 2.05) is 0 Å². The molecule has 0 aromatic carbocycles. The third-order valence-electron chi connectivity index (χ3n) is 1.90. The predicted molar refractivity (Wildman–Crippen MR) is 202 cm³/mol. The van der Waals surface area contributed by atoms with Gasteiger partial charge < -0.3 is 0 Å². The average molecular weight is 770 g/mol. The fraction of sp³-hybridized carbons (Fsp3) is 0. The maximum atomic E-state index is 3.25. The van der Waals surface area contributed by atoms with Crippen LogP contribution in [0.1, 0.15) is 0 Å². The first-order chi connectivity index (χ1) is 10.9. The highest BCUT2D eigenvalue weighted by Gasteiger charge is 2.40. The van der Waals surface area contributed by atoms with Crippen LogP contribution in [0.15, 0.2) is 0 Å². The normalized spacial score (nSPS) is 17.0. The topological polar surface area (TPSA) is 0 Å². The number of hydrogen-bond donors (Lipinski definition) is 0. The first-order valence-electron chi connectivity index (χ1n) is 5.40. The van der Waals surface area contributed by atoms with Gasteiger partial charge in [-0.25, -0.2) is 0 Å². The minimum atomic E-state index is 0.0242. The highest BCUT2D eigenvalue weighted by molar-refractivity contribution is 9.34. The van der Waals surface area contributed by atoms with Gasteiger partial charge in [0.2, 0.25) is 0 Å². The largest absolute Gasteiger partial charge is 0.109 e. The molecule has 16 unspecified atom stereocenters. The van der Waals surface area contributed by atoms with Gasteiger partial charge in [0.05, 0.1) is 0 Å². The lowest BCUT2D eigenvalue weighted by molar-refractivity contribution is 4.51. The maximum absolute atomic E-state index is 3.25. The van der Waals surface area contributed by atoms with Crippen molar-refractivity contribution >= 4 is 193 Å². The Bertz CT molecular complexity index is 274. The van der Waals surface area contributed by atoms with E-state index in [2.05, 4.69) is 107 Å². The van der Waals surface area contributed by atoms with Crippen molar-refractivity contribution in [3.05, 3.63) is 0 Å². The Morgan fingerprint density at radius 3 is 1.00 bits per heavy atom. The summed E-state index contributed by atoms with van der Waals surface area (Å²) in [5, 5.41) is 0. The molecule has 0 spiro atoms. The van der Waals surface area contributed by atoms with Crippen molar-refractivity contribution in [1.29, 1.82) is 0 Å². The second kappa shape index (κ2) is 19.4. The molecule has 146 valence electrons. The van der Waals surface area contributed by atoms with Crippen LogP contribution in [0.25, 0.3) is 0 Å². The lowest BCUT2D eigenvalue weighted by Crippen LogP contribution is -1.55. The molecule has 0 N–H and O–H groups in total. The molecule has 0 aromatic rings. The molecule has 0 rings (SSSR count). The van der Waals surface area contributed by atoms with Crippen molar-refractivity contribution in [1.82, 2.24) is 0 Å². The van der Waals surface area contributed by atoms with Crippen molar-refractivity contribution in [2.24, 2.45) is 0 Å². The van der Waals surface area contributed by atoms with Crippen LogP contribution < -0.4 is 0 Å². The summed E-state index contributed by atoms with van der Waals surface area (Å²) >= 11 is 0. The molecule has 16 atom stereocenters. The van der Waals surface area contributed by atoms with E-state index in [4.69, 9.17) is 0 Å². The zero-order valence-corrected chi connectivity index (χ0v) is 37.2. The Hall–Kier alpha value is 10.3. The number of rotatable bonds is 11. The molecule has 0 saturated heterocycles. The molecule has 0 aromatic heterocycles. The summed E-state index contributed by atoms with van der Waals surface area (Å²) in [6.45, 7) is 0.921. The predicted octanol–water partition coefficient (Wildman–Crippen LogP) is 13.7. The van der Waals surface area contributed by atoms with Crippen LogP contribution in [0.3, 0.4) is 0 Å². The summed E-state index contributed by atoms with van der Waals surface area (Å²) in [7, 11) is 40.6. The van der Waals surface area contributed by atoms with Gasteiger partial charge in [0.15, 0.2) is 0 Å². The Kier molecular flexibility index (Phi) is 27.8. The van der Waals surface area contributed by atoms with Crippen LogP contribution in [-0.4, -0.2) is 0 Å². The summed E-state index contributed by atoms with van der Waals surface area (Å²) in [5.41, 5.74) is 0. The molecule has 24 heavy (non-hydrogen) atoms. The minimum Gasteiger partial charge on any atom is -0.109 e. The van der Waals surface area contributed by atoms with Gasteiger partial charge in [-0.05, 0) is 77.8 Å². The highest BCUT2D eigenvalue weighted by Crippen LogP contribution is 3.29. The molecule has 0 heterocycles. The van der Waals surface area contributed by atoms with Gasteiger partial charge in [0.1, 0.15) is 0 Å². The van der Waals surface area contributed by atoms with Crippen molar-refractivity contribution in [3.8, 4) is 0 Å². The Labute approximate surface area is 191 Å². The summed E-state index contributed by atoms with van der Waals surface area (Å²) in [6, 6.07) is 0. The third-order valence-corrected chi connectivity index (χ3v) is 154. The van der Waals surface area contributed by atoms with Crippen LogP contribution in [-0.2, 0) is 0 Å². The van der Waals surface area contributed by atoms with Crippen molar-refractivity contribution in [3.63, 3.8) is 0 Å². The fourth-order valence-electron chi connectivity index (χ4n) is 1.13. The smallest absolute Gasteiger partial charge is 0.00561 e. The van der Waals surface area contributed by atoms with Crippen molar-refractivity contribution in [2.75, 3.05) is 0 Å². The van der Waals surface area contributed by atoms with E-state index in [-0.39, 0.29) is 69.9 Å². The average Bonchev–Trinajstić information content (AvgIpc) is 2.41. The van der Waals surface area contributed by atoms with Gasteiger partial charge in [0, 0.05) is 0 Å². The zero-order chi connectivity index (χ0) is 19.2. The van der Waals surface area contributed by atoms with E-state index in [0.29, 0.717) is 0 Å². The summed E-state index contributed by atoms with van der Waals surface area (Å²) in [5.74, 6) is 0. The second-order valence-electron chi connectivity index (χ2n) is 3.59. The molecule has 0 aliphatic heterocycles. The summed E-state index contributed by atoms with van der Waals surface area (Å²) in [4.78, 5) is 0. The Balaban J connectivity index is 5.83. The molecule has 0 fully saturated rings. The molecule has 0 bridgehead atoms. The van der Waals surface area contributed by atoms with Gasteiger partial charge in [-0.15, -0.1) is 107 Å². The van der Waals surface area contributed by atoms with Gasteiger partial charge in [-0.3, -0.25) is 0 Å². The van der Waals surface area contributed by atoms with Crippen LogP contribution in [0.2, 0.25) is 0 Å². The molecule has 0 nitrogen and oxygen atoms in total. The Morgan fingerprint density at radius 2 is 0.792 bits per heavy atom. The van der Waals surface area contributed by atoms with E-state index in [0.717, 1.165) is 7.96 Å². The van der Waals surface area contributed by atoms with E-state index in [1.54, 1.807) is 0 Å². The lowest BCUT2D eigenvalue weighted by Gasteiger charge is -2.44. The van der Waals surface area contributed by atoms with Crippen LogP contribution in [0, 0.1) is 0 Å². The molecule has 0 radical (unpaired) electrons. The van der Waals surface area contributed by atoms with Gasteiger partial charge in [0.25, 0.3) is 0 Å². The van der Waals surface area contributed by atoms with Crippen molar-refractivity contribution in [2.45, 2.75) is 0 Å². The lowest BCUT2D eigenvalue weighted by atomic mass is 28.6. The molecular formula is H26P24. The monoisotopic (exact) mass is 770 g/mol. The first-order valence-corrected chi connectivity index (χ1v) is 48.6. The van der Waals surface area contributed by atoms with Crippen LogP contribution in [0.5, 0.6) is 0 Å². The highest BCUT2D eigenvalue weighted by atomic mass is 33.4. The number of hydrogen-bond acceptors (Lipinski definition) is 0. The standard InChI is InChI=1S/H26P24/c1-13-20(12)21(15(2)3)14-22(23(16(4)5)17(6)7)24(18(8)9)19(10)11/h13-14H,1-12H2. The van der Waals surface area contributed by atoms with Gasteiger partial charge in [-0.1, -0.05) is 7.96 Å².